The Morgan fingerprint density at radius 2 is 1.54 bits per heavy atom. The lowest BCUT2D eigenvalue weighted by Gasteiger charge is -2.28. The van der Waals surface area contributed by atoms with Crippen LogP contribution >= 0.6 is 0 Å². The summed E-state index contributed by atoms with van der Waals surface area (Å²) in [6, 6.07) is 6.29. The van der Waals surface area contributed by atoms with Crippen LogP contribution in [-0.2, 0) is 6.42 Å². The van der Waals surface area contributed by atoms with E-state index in [9.17, 15) is 13.2 Å². The molecule has 3 rings (SSSR count). The molecule has 24 heavy (non-hydrogen) atoms. The maximum Gasteiger partial charge on any atom is 0.195 e. The number of rotatable bonds is 5. The Labute approximate surface area is 142 Å². The molecule has 0 heterocycles. The number of hydrogen-bond donors (Lipinski definition) is 0. The van der Waals surface area contributed by atoms with Crippen LogP contribution in [0.3, 0.4) is 0 Å². The van der Waals surface area contributed by atoms with Crippen molar-refractivity contribution in [3.8, 4) is 0 Å². The zero-order valence-electron chi connectivity index (χ0n) is 14.3. The van der Waals surface area contributed by atoms with Crippen LogP contribution in [0.15, 0.2) is 24.3 Å². The average molecular weight is 334 g/mol. The van der Waals surface area contributed by atoms with Crippen molar-refractivity contribution < 1.29 is 13.2 Å². The van der Waals surface area contributed by atoms with Crippen LogP contribution in [0.2, 0.25) is 0 Å². The lowest BCUT2D eigenvalue weighted by Crippen LogP contribution is -2.15. The highest BCUT2D eigenvalue weighted by molar-refractivity contribution is 5.84. The monoisotopic (exact) mass is 334 g/mol. The second kappa shape index (κ2) is 7.58. The fraction of sp³-hybridized carbons (Fsp3) is 0.524. The highest BCUT2D eigenvalue weighted by atomic mass is 19.2. The summed E-state index contributed by atoms with van der Waals surface area (Å²) in [5, 5.41) is 0.591. The SMILES string of the molecule is CCC[C@H]1CC[C@H](CCc2ccc3c(F)c(F)c(F)cc3c2)CC1. The summed E-state index contributed by atoms with van der Waals surface area (Å²) in [7, 11) is 0. The van der Waals surface area contributed by atoms with Gasteiger partial charge in [0.05, 0.1) is 0 Å². The van der Waals surface area contributed by atoms with E-state index in [1.54, 1.807) is 12.1 Å². The van der Waals surface area contributed by atoms with Crippen LogP contribution < -0.4 is 0 Å². The van der Waals surface area contributed by atoms with Crippen molar-refractivity contribution in [2.45, 2.75) is 58.3 Å². The summed E-state index contributed by atoms with van der Waals surface area (Å²) in [4.78, 5) is 0. The minimum atomic E-state index is -1.39. The highest BCUT2D eigenvalue weighted by Crippen LogP contribution is 2.34. The summed E-state index contributed by atoms with van der Waals surface area (Å²) in [5.74, 6) is -1.93. The maximum atomic E-state index is 13.8. The number of halogens is 3. The normalized spacial score (nSPS) is 21.3. The molecule has 1 aliphatic rings. The molecule has 0 atom stereocenters. The molecular formula is C21H25F3. The molecule has 0 nitrogen and oxygen atoms in total. The third-order valence-corrected chi connectivity index (χ3v) is 5.54. The van der Waals surface area contributed by atoms with Crippen molar-refractivity contribution in [1.82, 2.24) is 0 Å². The third-order valence-electron chi connectivity index (χ3n) is 5.54. The van der Waals surface area contributed by atoms with Crippen LogP contribution in [-0.4, -0.2) is 0 Å². The second-order valence-electron chi connectivity index (χ2n) is 7.26. The Morgan fingerprint density at radius 3 is 2.21 bits per heavy atom. The molecule has 1 fully saturated rings. The van der Waals surface area contributed by atoms with Crippen molar-refractivity contribution in [1.29, 1.82) is 0 Å². The summed E-state index contributed by atoms with van der Waals surface area (Å²) in [5.41, 5.74) is 1.07. The van der Waals surface area contributed by atoms with E-state index >= 15 is 0 Å². The fourth-order valence-electron chi connectivity index (χ4n) is 4.10. The molecule has 1 saturated carbocycles. The Kier molecular flexibility index (Phi) is 5.47. The van der Waals surface area contributed by atoms with Gasteiger partial charge in [0.2, 0.25) is 0 Å². The molecule has 0 radical (unpaired) electrons. The van der Waals surface area contributed by atoms with Gasteiger partial charge in [0, 0.05) is 5.39 Å². The molecule has 130 valence electrons. The van der Waals surface area contributed by atoms with E-state index in [0.717, 1.165) is 36.3 Å². The van der Waals surface area contributed by atoms with Gasteiger partial charge in [-0.25, -0.2) is 13.2 Å². The van der Waals surface area contributed by atoms with Gasteiger partial charge >= 0.3 is 0 Å². The molecule has 1 aliphatic carbocycles. The van der Waals surface area contributed by atoms with E-state index in [0.29, 0.717) is 5.39 Å². The van der Waals surface area contributed by atoms with Crippen molar-refractivity contribution in [2.75, 3.05) is 0 Å². The molecule has 0 aromatic heterocycles. The van der Waals surface area contributed by atoms with Gasteiger partial charge in [-0.1, -0.05) is 63.6 Å². The highest BCUT2D eigenvalue weighted by Gasteiger charge is 2.20. The van der Waals surface area contributed by atoms with Gasteiger partial charge < -0.3 is 0 Å². The summed E-state index contributed by atoms with van der Waals surface area (Å²) >= 11 is 0. The zero-order chi connectivity index (χ0) is 17.1. The third kappa shape index (κ3) is 3.76. The van der Waals surface area contributed by atoms with Crippen LogP contribution in [0.25, 0.3) is 10.8 Å². The zero-order valence-corrected chi connectivity index (χ0v) is 14.3. The largest absolute Gasteiger partial charge is 0.204 e. The Balaban J connectivity index is 1.63. The van der Waals surface area contributed by atoms with Crippen LogP contribution in [0.4, 0.5) is 13.2 Å². The molecule has 2 aromatic rings. The van der Waals surface area contributed by atoms with Gasteiger partial charge in [-0.05, 0) is 41.7 Å². The Morgan fingerprint density at radius 1 is 0.875 bits per heavy atom. The standard InChI is InChI=1S/C21H25F3/c1-2-3-14-4-6-15(7-5-14)8-9-16-10-11-18-17(12-16)13-19(22)21(24)20(18)23/h10-15H,2-9H2,1H3/t14-,15-. The molecule has 2 aromatic carbocycles. The predicted octanol–water partition coefficient (Wildman–Crippen LogP) is 6.80. The first-order valence-electron chi connectivity index (χ1n) is 9.14. The molecule has 0 spiro atoms. The number of fused-ring (bicyclic) bond motifs is 1. The van der Waals surface area contributed by atoms with Crippen LogP contribution in [0.5, 0.6) is 0 Å². The average Bonchev–Trinajstić information content (AvgIpc) is 2.59. The quantitative estimate of drug-likeness (QED) is 0.528. The molecule has 0 saturated heterocycles. The van der Waals surface area contributed by atoms with Crippen LogP contribution in [0.1, 0.15) is 57.4 Å². The van der Waals surface area contributed by atoms with Gasteiger partial charge in [0.1, 0.15) is 0 Å². The molecule has 0 amide bonds. The fourth-order valence-corrected chi connectivity index (χ4v) is 4.10. The lowest BCUT2D eigenvalue weighted by atomic mass is 9.78. The lowest BCUT2D eigenvalue weighted by molar-refractivity contribution is 0.252. The van der Waals surface area contributed by atoms with Crippen molar-refractivity contribution >= 4 is 10.8 Å². The van der Waals surface area contributed by atoms with E-state index in [-0.39, 0.29) is 5.39 Å². The van der Waals surface area contributed by atoms with Crippen molar-refractivity contribution in [3.63, 3.8) is 0 Å². The predicted molar refractivity (Wildman–Crippen MR) is 92.5 cm³/mol. The van der Waals surface area contributed by atoms with Gasteiger partial charge in [-0.15, -0.1) is 0 Å². The van der Waals surface area contributed by atoms with Crippen molar-refractivity contribution in [3.05, 3.63) is 47.3 Å². The first-order valence-corrected chi connectivity index (χ1v) is 9.14. The number of aryl methyl sites for hydroxylation is 1. The second-order valence-corrected chi connectivity index (χ2v) is 7.26. The molecule has 0 N–H and O–H groups in total. The minimum Gasteiger partial charge on any atom is -0.204 e. The van der Waals surface area contributed by atoms with E-state index in [2.05, 4.69) is 6.92 Å². The Bertz CT molecular complexity index is 700. The number of hydrogen-bond acceptors (Lipinski definition) is 0. The molecule has 3 heteroatoms. The van der Waals surface area contributed by atoms with E-state index < -0.39 is 17.5 Å². The summed E-state index contributed by atoms with van der Waals surface area (Å²) < 4.78 is 40.4. The summed E-state index contributed by atoms with van der Waals surface area (Å²) in [6.07, 6.45) is 9.94. The maximum absolute atomic E-state index is 13.8. The van der Waals surface area contributed by atoms with E-state index in [4.69, 9.17) is 0 Å². The van der Waals surface area contributed by atoms with E-state index in [1.165, 1.54) is 38.5 Å². The first kappa shape index (κ1) is 17.3. The summed E-state index contributed by atoms with van der Waals surface area (Å²) in [6.45, 7) is 2.25. The topological polar surface area (TPSA) is 0 Å². The molecule has 0 unspecified atom stereocenters. The van der Waals surface area contributed by atoms with E-state index in [1.807, 2.05) is 6.07 Å². The van der Waals surface area contributed by atoms with Crippen LogP contribution in [0, 0.1) is 29.3 Å². The number of benzene rings is 2. The minimum absolute atomic E-state index is 0.151. The molecule has 0 bridgehead atoms. The van der Waals surface area contributed by atoms with Crippen molar-refractivity contribution in [2.24, 2.45) is 11.8 Å². The van der Waals surface area contributed by atoms with Gasteiger partial charge in [-0.2, -0.15) is 0 Å². The smallest absolute Gasteiger partial charge is 0.195 e. The molecular weight excluding hydrogens is 309 g/mol. The van der Waals surface area contributed by atoms with Gasteiger partial charge in [0.25, 0.3) is 0 Å². The molecule has 0 aliphatic heterocycles. The van der Waals surface area contributed by atoms with Gasteiger partial charge in [0.15, 0.2) is 17.5 Å². The Hall–Kier alpha value is -1.51. The first-order chi connectivity index (χ1) is 11.6. The van der Waals surface area contributed by atoms with Gasteiger partial charge in [-0.3, -0.25) is 0 Å².